The molecular formula is C35H60N2O6. The van der Waals surface area contributed by atoms with Crippen molar-refractivity contribution in [3.8, 4) is 0 Å². The normalized spacial score (nSPS) is 45.0. The van der Waals surface area contributed by atoms with E-state index in [9.17, 15) is 14.7 Å². The highest BCUT2D eigenvalue weighted by atomic mass is 16.6. The van der Waals surface area contributed by atoms with Crippen LogP contribution in [0, 0.1) is 45.3 Å². The van der Waals surface area contributed by atoms with E-state index in [1.54, 1.807) is 13.8 Å². The summed E-state index contributed by atoms with van der Waals surface area (Å²) in [5.41, 5.74) is -0.0793. The zero-order valence-corrected chi connectivity index (χ0v) is 28.0. The van der Waals surface area contributed by atoms with Crippen LogP contribution in [0.4, 0.5) is 4.79 Å². The van der Waals surface area contributed by atoms with Crippen molar-refractivity contribution in [2.24, 2.45) is 45.3 Å². The molecule has 11 atom stereocenters. The summed E-state index contributed by atoms with van der Waals surface area (Å²) < 4.78 is 18.6. The molecule has 8 heteroatoms. The molecule has 2 N–H and O–H groups in total. The Labute approximate surface area is 260 Å². The van der Waals surface area contributed by atoms with Gasteiger partial charge in [-0.15, -0.1) is 0 Å². The molecule has 6 aliphatic rings. The van der Waals surface area contributed by atoms with Crippen LogP contribution < -0.4 is 5.32 Å². The lowest BCUT2D eigenvalue weighted by Crippen LogP contribution is -2.55. The predicted octanol–water partition coefficient (Wildman–Crippen LogP) is 5.80. The van der Waals surface area contributed by atoms with Crippen LogP contribution in [0.3, 0.4) is 0 Å². The molecule has 6 fully saturated rings. The maximum absolute atomic E-state index is 12.7. The van der Waals surface area contributed by atoms with Crippen LogP contribution in [-0.2, 0) is 19.0 Å². The van der Waals surface area contributed by atoms with Gasteiger partial charge in [0.1, 0.15) is 6.10 Å². The Bertz CT molecular complexity index is 1110. The van der Waals surface area contributed by atoms with Crippen molar-refractivity contribution in [2.75, 3.05) is 27.2 Å². The first-order chi connectivity index (χ1) is 20.0. The third kappa shape index (κ3) is 4.95. The van der Waals surface area contributed by atoms with Crippen LogP contribution in [0.1, 0.15) is 107 Å². The van der Waals surface area contributed by atoms with E-state index < -0.39 is 11.7 Å². The third-order valence-electron chi connectivity index (χ3n) is 14.0. The Kier molecular flexibility index (Phi) is 7.78. The summed E-state index contributed by atoms with van der Waals surface area (Å²) >= 11 is 0. The van der Waals surface area contributed by atoms with Crippen molar-refractivity contribution in [1.29, 1.82) is 0 Å². The van der Waals surface area contributed by atoms with Gasteiger partial charge in [-0.3, -0.25) is 4.79 Å². The SMILES string of the molecule is CC(=O)O[C@@H](C1CCC2C(CC3C4CCC5C(C)(C)[C@@H](OC(=O)NCCN(C)C)CCC56CC46CCC23C)O1)C(C)(C)O.[HH]. The smallest absolute Gasteiger partial charge is 0.407 e. The molecule has 1 amide bonds. The van der Waals surface area contributed by atoms with Crippen LogP contribution in [-0.4, -0.2) is 79.3 Å². The number of aliphatic hydroxyl groups is 1. The number of carbonyl (C=O) groups is 2. The molecule has 8 nitrogen and oxygen atoms in total. The molecule has 2 spiro atoms. The van der Waals surface area contributed by atoms with E-state index in [1.165, 1.54) is 45.4 Å². The number of rotatable bonds is 7. The number of esters is 1. The van der Waals surface area contributed by atoms with Gasteiger partial charge < -0.3 is 29.5 Å². The van der Waals surface area contributed by atoms with Gasteiger partial charge in [-0.1, -0.05) is 20.8 Å². The first kappa shape index (κ1) is 31.6. The van der Waals surface area contributed by atoms with Gasteiger partial charge in [0.2, 0.25) is 0 Å². The largest absolute Gasteiger partial charge is 0.457 e. The number of fused-ring (bicyclic) bond motifs is 4. The number of likely N-dealkylation sites (N-methyl/N-ethyl adjacent to an activating group) is 1. The number of nitrogens with one attached hydrogen (secondary N) is 1. The molecule has 0 aromatic rings. The molecule has 43 heavy (non-hydrogen) atoms. The number of amides is 1. The Morgan fingerprint density at radius 1 is 1.02 bits per heavy atom. The fourth-order valence-electron chi connectivity index (χ4n) is 12.1. The average molecular weight is 605 g/mol. The summed E-state index contributed by atoms with van der Waals surface area (Å²) in [4.78, 5) is 26.7. The van der Waals surface area contributed by atoms with Gasteiger partial charge in [-0.05, 0) is 132 Å². The van der Waals surface area contributed by atoms with Crippen LogP contribution in [0.15, 0.2) is 0 Å². The molecule has 5 aliphatic carbocycles. The second-order valence-corrected chi connectivity index (χ2v) is 17.1. The standard InChI is InChI=1S/C35H58N2O6.H2/c1-21(38)41-29(32(4,5)40)25-11-9-23-26(42-25)19-24-22-10-12-27-31(2,3)28(43-30(39)36-17-18-37(7)8)13-14-35(27)20-34(22,35)16-15-33(23,24)6;/h22-29,40H,9-20H2,1-8H3,(H,36,39);1H/t22?,23?,24?,25?,26?,27?,28-,29-,33?,34?,35?;/m0./s1. The van der Waals surface area contributed by atoms with Gasteiger partial charge in [-0.2, -0.15) is 0 Å². The second-order valence-electron chi connectivity index (χ2n) is 17.1. The molecule has 1 heterocycles. The molecule has 0 aromatic carbocycles. The number of hydrogen-bond donors (Lipinski definition) is 2. The van der Waals surface area contributed by atoms with E-state index in [1.807, 2.05) is 14.1 Å². The van der Waals surface area contributed by atoms with Crippen LogP contribution in [0.5, 0.6) is 0 Å². The summed E-state index contributed by atoms with van der Waals surface area (Å²) in [5.74, 6) is 2.15. The molecule has 246 valence electrons. The first-order valence-corrected chi connectivity index (χ1v) is 17.2. The molecule has 9 unspecified atom stereocenters. The van der Waals surface area contributed by atoms with E-state index in [-0.39, 0.29) is 42.6 Å². The van der Waals surface area contributed by atoms with Crippen LogP contribution in [0.2, 0.25) is 0 Å². The van der Waals surface area contributed by atoms with Gasteiger partial charge in [0.25, 0.3) is 0 Å². The number of hydrogen-bond acceptors (Lipinski definition) is 7. The topological polar surface area (TPSA) is 97.3 Å². The number of alkyl carbamates (subject to hydrolysis) is 1. The first-order valence-electron chi connectivity index (χ1n) is 17.2. The van der Waals surface area contributed by atoms with E-state index >= 15 is 0 Å². The Balaban J connectivity index is 0.00000384. The van der Waals surface area contributed by atoms with Gasteiger partial charge in [0, 0.05) is 26.9 Å². The summed E-state index contributed by atoms with van der Waals surface area (Å²) in [6, 6.07) is 0. The van der Waals surface area contributed by atoms with Gasteiger partial charge >= 0.3 is 12.1 Å². The fourth-order valence-corrected chi connectivity index (χ4v) is 12.1. The molecule has 0 aromatic heterocycles. The lowest BCUT2D eigenvalue weighted by atomic mass is 9.46. The van der Waals surface area contributed by atoms with Gasteiger partial charge in [-0.25, -0.2) is 4.79 Å². The Morgan fingerprint density at radius 3 is 2.42 bits per heavy atom. The van der Waals surface area contributed by atoms with Crippen LogP contribution in [0.25, 0.3) is 0 Å². The van der Waals surface area contributed by atoms with Crippen molar-refractivity contribution in [2.45, 2.75) is 136 Å². The van der Waals surface area contributed by atoms with Crippen molar-refractivity contribution >= 4 is 12.1 Å². The van der Waals surface area contributed by atoms with E-state index in [0.29, 0.717) is 35.1 Å². The van der Waals surface area contributed by atoms with Crippen LogP contribution >= 0.6 is 0 Å². The van der Waals surface area contributed by atoms with Crippen molar-refractivity contribution in [3.05, 3.63) is 0 Å². The Hall–Kier alpha value is -1.38. The zero-order valence-electron chi connectivity index (χ0n) is 28.0. The number of carbonyl (C=O) groups excluding carboxylic acids is 2. The lowest BCUT2D eigenvalue weighted by molar-refractivity contribution is -0.200. The molecule has 1 saturated heterocycles. The summed E-state index contributed by atoms with van der Waals surface area (Å²) in [6.07, 6.45) is 10.5. The second kappa shape index (κ2) is 10.6. The zero-order chi connectivity index (χ0) is 31.2. The van der Waals surface area contributed by atoms with E-state index in [0.717, 1.165) is 38.1 Å². The van der Waals surface area contributed by atoms with Gasteiger partial charge in [0.05, 0.1) is 17.8 Å². The molecule has 5 saturated carbocycles. The molecule has 0 radical (unpaired) electrons. The Morgan fingerprint density at radius 2 is 1.74 bits per heavy atom. The minimum absolute atomic E-state index is 0. The van der Waals surface area contributed by atoms with E-state index in [4.69, 9.17) is 14.2 Å². The maximum Gasteiger partial charge on any atom is 0.407 e. The quantitative estimate of drug-likeness (QED) is 0.355. The molecule has 1 aliphatic heterocycles. The minimum atomic E-state index is -1.15. The lowest BCUT2D eigenvalue weighted by Gasteiger charge is -2.59. The van der Waals surface area contributed by atoms with Gasteiger partial charge in [0.15, 0.2) is 6.10 Å². The van der Waals surface area contributed by atoms with E-state index in [2.05, 4.69) is 31.0 Å². The number of nitrogens with zero attached hydrogens (tertiary/aromatic N) is 1. The highest BCUT2D eigenvalue weighted by molar-refractivity contribution is 5.67. The third-order valence-corrected chi connectivity index (χ3v) is 14.0. The summed E-state index contributed by atoms with van der Waals surface area (Å²) in [7, 11) is 4.02. The fraction of sp³-hybridized carbons (Fsp3) is 0.943. The molecule has 0 bridgehead atoms. The summed E-state index contributed by atoms with van der Waals surface area (Å²) in [6.45, 7) is 13.6. The number of ether oxygens (including phenoxy) is 3. The minimum Gasteiger partial charge on any atom is -0.457 e. The average Bonchev–Trinajstić information content (AvgIpc) is 3.48. The summed E-state index contributed by atoms with van der Waals surface area (Å²) in [5, 5.41) is 13.8. The molecular weight excluding hydrogens is 544 g/mol. The monoisotopic (exact) mass is 604 g/mol. The van der Waals surface area contributed by atoms with Crippen molar-refractivity contribution < 1.29 is 30.3 Å². The van der Waals surface area contributed by atoms with Crippen molar-refractivity contribution in [1.82, 2.24) is 10.2 Å². The maximum atomic E-state index is 12.7. The highest BCUT2D eigenvalue weighted by Gasteiger charge is 2.81. The van der Waals surface area contributed by atoms with Crippen molar-refractivity contribution in [3.63, 3.8) is 0 Å². The molecule has 6 rings (SSSR count). The predicted molar refractivity (Wildman–Crippen MR) is 166 cm³/mol. The highest BCUT2D eigenvalue weighted by Crippen LogP contribution is 2.87.